The number of hydrogen-bond acceptors (Lipinski definition) is 5. The Morgan fingerprint density at radius 3 is 2.40 bits per heavy atom. The first-order valence-corrected chi connectivity index (χ1v) is 15.4. The standard InChI is InChI=1S/C28H33ClF4N2O4S/c1-17(19-10-20(28(31,32)33)12-21(29)11-19)15-35-8-6-27(2,7-9-35)16-39-25-14-24(30)23(13-22(25)18-4-5-18)26(36)34-40(3,37)38/h10-14,17-18H,4-9,15-16H2,1-3H3,(H,34,36). The van der Waals surface area contributed by atoms with Crippen molar-refractivity contribution in [3.8, 4) is 5.75 Å². The predicted molar refractivity (Wildman–Crippen MR) is 145 cm³/mol. The highest BCUT2D eigenvalue weighted by atomic mass is 35.5. The third kappa shape index (κ3) is 7.88. The first-order valence-electron chi connectivity index (χ1n) is 13.1. The van der Waals surface area contributed by atoms with Crippen LogP contribution in [0, 0.1) is 11.2 Å². The Labute approximate surface area is 237 Å². The van der Waals surface area contributed by atoms with Crippen LogP contribution in [0.4, 0.5) is 17.6 Å². The van der Waals surface area contributed by atoms with Gasteiger partial charge in [-0.05, 0) is 86.0 Å². The summed E-state index contributed by atoms with van der Waals surface area (Å²) >= 11 is 5.96. The van der Waals surface area contributed by atoms with Crippen LogP contribution in [-0.2, 0) is 16.2 Å². The molecule has 0 spiro atoms. The molecule has 1 saturated carbocycles. The summed E-state index contributed by atoms with van der Waals surface area (Å²) in [5.41, 5.74) is -0.0656. The number of nitrogens with zero attached hydrogens (tertiary/aromatic N) is 1. The van der Waals surface area contributed by atoms with Crippen molar-refractivity contribution in [2.45, 2.75) is 57.5 Å². The van der Waals surface area contributed by atoms with Crippen LogP contribution < -0.4 is 9.46 Å². The van der Waals surface area contributed by atoms with Crippen molar-refractivity contribution in [2.24, 2.45) is 5.41 Å². The van der Waals surface area contributed by atoms with Gasteiger partial charge in [-0.25, -0.2) is 17.5 Å². The van der Waals surface area contributed by atoms with E-state index in [4.69, 9.17) is 16.3 Å². The predicted octanol–water partition coefficient (Wildman–Crippen LogP) is 6.35. The molecule has 2 aromatic rings. The van der Waals surface area contributed by atoms with Gasteiger partial charge in [-0.15, -0.1) is 0 Å². The Hall–Kier alpha value is -2.37. The van der Waals surface area contributed by atoms with Crippen molar-refractivity contribution in [1.82, 2.24) is 9.62 Å². The van der Waals surface area contributed by atoms with Gasteiger partial charge < -0.3 is 9.64 Å². The fourth-order valence-electron chi connectivity index (χ4n) is 5.03. The molecule has 1 N–H and O–H groups in total. The van der Waals surface area contributed by atoms with Crippen LogP contribution in [0.5, 0.6) is 5.75 Å². The van der Waals surface area contributed by atoms with E-state index in [1.807, 2.05) is 6.92 Å². The smallest absolute Gasteiger partial charge is 0.416 e. The largest absolute Gasteiger partial charge is 0.493 e. The van der Waals surface area contributed by atoms with Crippen molar-refractivity contribution in [2.75, 3.05) is 32.5 Å². The summed E-state index contributed by atoms with van der Waals surface area (Å²) in [5.74, 6) is -1.54. The van der Waals surface area contributed by atoms with Crippen molar-refractivity contribution in [3.05, 3.63) is 63.4 Å². The molecule has 4 rings (SSSR count). The van der Waals surface area contributed by atoms with Crippen molar-refractivity contribution in [1.29, 1.82) is 0 Å². The van der Waals surface area contributed by atoms with Crippen LogP contribution in [0.3, 0.4) is 0 Å². The SMILES string of the molecule is CC(CN1CCC(C)(COc2cc(F)c(C(=O)NS(C)(=O)=O)cc2C2CC2)CC1)c1cc(Cl)cc(C(F)(F)F)c1. The minimum atomic E-state index is -4.46. The number of rotatable bonds is 9. The molecule has 0 bridgehead atoms. The van der Waals surface area contributed by atoms with E-state index in [0.717, 1.165) is 63.2 Å². The Kier molecular flexibility index (Phi) is 8.78. The molecule has 1 atom stereocenters. The van der Waals surface area contributed by atoms with Gasteiger partial charge in [-0.3, -0.25) is 4.79 Å². The molecular formula is C28H33ClF4N2O4S. The van der Waals surface area contributed by atoms with Crippen LogP contribution >= 0.6 is 11.6 Å². The zero-order chi connectivity index (χ0) is 29.5. The summed E-state index contributed by atoms with van der Waals surface area (Å²) in [6.45, 7) is 6.34. The van der Waals surface area contributed by atoms with Gasteiger partial charge in [0, 0.05) is 23.0 Å². The third-order valence-electron chi connectivity index (χ3n) is 7.63. The summed E-state index contributed by atoms with van der Waals surface area (Å²) in [5, 5.41) is 0.0612. The van der Waals surface area contributed by atoms with E-state index in [-0.39, 0.29) is 27.8 Å². The number of likely N-dealkylation sites (tertiary alicyclic amines) is 1. The highest BCUT2D eigenvalue weighted by molar-refractivity contribution is 7.89. The molecule has 1 aliphatic heterocycles. The van der Waals surface area contributed by atoms with Crippen LogP contribution in [0.15, 0.2) is 30.3 Å². The lowest BCUT2D eigenvalue weighted by Crippen LogP contribution is -2.42. The summed E-state index contributed by atoms with van der Waals surface area (Å²) in [6, 6.07) is 6.21. The van der Waals surface area contributed by atoms with Gasteiger partial charge in [0.2, 0.25) is 10.0 Å². The number of amides is 1. The second-order valence-corrected chi connectivity index (χ2v) is 13.6. The van der Waals surface area contributed by atoms with Crippen LogP contribution in [0.25, 0.3) is 0 Å². The normalized spacial score (nSPS) is 18.8. The van der Waals surface area contributed by atoms with Gasteiger partial charge in [0.05, 0.1) is 24.0 Å². The number of halogens is 5. The van der Waals surface area contributed by atoms with Crippen molar-refractivity contribution < 1.29 is 35.5 Å². The number of sulfonamides is 1. The molecular weight excluding hydrogens is 572 g/mol. The molecule has 220 valence electrons. The lowest BCUT2D eigenvalue weighted by atomic mass is 9.81. The maximum atomic E-state index is 14.8. The van der Waals surface area contributed by atoms with Crippen LogP contribution in [0.1, 0.15) is 78.4 Å². The molecule has 1 amide bonds. The molecule has 0 aromatic heterocycles. The second kappa shape index (κ2) is 11.5. The van der Waals surface area contributed by atoms with Gasteiger partial charge in [0.25, 0.3) is 5.91 Å². The van der Waals surface area contributed by atoms with Gasteiger partial charge in [-0.1, -0.05) is 25.4 Å². The first kappa shape index (κ1) is 30.6. The summed E-state index contributed by atoms with van der Waals surface area (Å²) in [7, 11) is -3.84. The minimum absolute atomic E-state index is 0.0612. The molecule has 6 nitrogen and oxygen atoms in total. The van der Waals surface area contributed by atoms with Gasteiger partial charge in [-0.2, -0.15) is 13.2 Å². The number of nitrogens with one attached hydrogen (secondary N) is 1. The van der Waals surface area contributed by atoms with E-state index in [1.54, 1.807) is 10.8 Å². The molecule has 40 heavy (non-hydrogen) atoms. The van der Waals surface area contributed by atoms with E-state index in [0.29, 0.717) is 30.0 Å². The Morgan fingerprint density at radius 2 is 1.82 bits per heavy atom. The molecule has 12 heteroatoms. The molecule has 1 saturated heterocycles. The highest BCUT2D eigenvalue weighted by Crippen LogP contribution is 2.46. The number of ether oxygens (including phenoxy) is 1. The topological polar surface area (TPSA) is 75.7 Å². The van der Waals surface area contributed by atoms with Crippen LogP contribution in [-0.4, -0.2) is 51.7 Å². The monoisotopic (exact) mass is 604 g/mol. The zero-order valence-electron chi connectivity index (χ0n) is 22.6. The van der Waals surface area contributed by atoms with Gasteiger partial charge >= 0.3 is 6.18 Å². The number of carbonyl (C=O) groups is 1. The number of hydrogen-bond donors (Lipinski definition) is 1. The Balaban J connectivity index is 1.37. The average molecular weight is 605 g/mol. The molecule has 0 radical (unpaired) electrons. The number of alkyl halides is 3. The average Bonchev–Trinajstić information content (AvgIpc) is 3.68. The quantitative estimate of drug-likeness (QED) is 0.338. The molecule has 2 aliphatic rings. The van der Waals surface area contributed by atoms with Gasteiger partial charge in [0.1, 0.15) is 11.6 Å². The Morgan fingerprint density at radius 1 is 1.18 bits per heavy atom. The van der Waals surface area contributed by atoms with Crippen LogP contribution in [0.2, 0.25) is 5.02 Å². The molecule has 1 heterocycles. The minimum Gasteiger partial charge on any atom is -0.493 e. The fourth-order valence-corrected chi connectivity index (χ4v) is 5.72. The fraction of sp³-hybridized carbons (Fsp3) is 0.536. The lowest BCUT2D eigenvalue weighted by Gasteiger charge is -2.40. The first-order chi connectivity index (χ1) is 18.5. The number of carbonyl (C=O) groups excluding carboxylic acids is 1. The summed E-state index contributed by atoms with van der Waals surface area (Å²) in [6.07, 6.45) is -0.335. The van der Waals surface area contributed by atoms with Gasteiger partial charge in [0.15, 0.2) is 0 Å². The molecule has 2 fully saturated rings. The second-order valence-electron chi connectivity index (χ2n) is 11.4. The number of benzene rings is 2. The zero-order valence-corrected chi connectivity index (χ0v) is 24.1. The van der Waals surface area contributed by atoms with E-state index >= 15 is 0 Å². The third-order valence-corrected chi connectivity index (χ3v) is 8.40. The van der Waals surface area contributed by atoms with E-state index in [9.17, 15) is 30.8 Å². The molecule has 1 unspecified atom stereocenters. The summed E-state index contributed by atoms with van der Waals surface area (Å²) in [4.78, 5) is 14.5. The maximum Gasteiger partial charge on any atom is 0.416 e. The highest BCUT2D eigenvalue weighted by Gasteiger charge is 2.35. The van der Waals surface area contributed by atoms with Crippen molar-refractivity contribution in [3.63, 3.8) is 0 Å². The lowest BCUT2D eigenvalue weighted by molar-refractivity contribution is -0.137. The molecule has 1 aliphatic carbocycles. The van der Waals surface area contributed by atoms with Crippen molar-refractivity contribution >= 4 is 27.5 Å². The van der Waals surface area contributed by atoms with E-state index in [2.05, 4.69) is 11.8 Å². The maximum absolute atomic E-state index is 14.8. The number of piperidine rings is 1. The van der Waals surface area contributed by atoms with E-state index < -0.39 is 33.5 Å². The Bertz CT molecular complexity index is 1370. The molecule has 2 aromatic carbocycles. The summed E-state index contributed by atoms with van der Waals surface area (Å²) < 4.78 is 85.2. The van der Waals surface area contributed by atoms with E-state index in [1.165, 1.54) is 6.07 Å².